The van der Waals surface area contributed by atoms with E-state index in [-0.39, 0.29) is 17.9 Å². The number of carbonyl (C=O) groups excluding carboxylic acids is 1. The van der Waals surface area contributed by atoms with Gasteiger partial charge in [-0.25, -0.2) is 0 Å². The van der Waals surface area contributed by atoms with Crippen LogP contribution in [0.2, 0.25) is 0 Å². The molecular formula is C16H22N4O. The van der Waals surface area contributed by atoms with Gasteiger partial charge in [0.25, 0.3) is 0 Å². The molecule has 21 heavy (non-hydrogen) atoms. The van der Waals surface area contributed by atoms with E-state index in [0.717, 1.165) is 16.9 Å². The Balaban J connectivity index is 1.93. The Labute approximate surface area is 125 Å². The molecule has 0 saturated carbocycles. The molecule has 0 fully saturated rings. The summed E-state index contributed by atoms with van der Waals surface area (Å²) < 4.78 is 1.82. The van der Waals surface area contributed by atoms with Crippen LogP contribution < -0.4 is 11.1 Å². The van der Waals surface area contributed by atoms with Crippen molar-refractivity contribution in [1.29, 1.82) is 0 Å². The van der Waals surface area contributed by atoms with E-state index in [2.05, 4.69) is 10.4 Å². The second kappa shape index (κ2) is 6.43. The topological polar surface area (TPSA) is 72.9 Å². The Kier molecular flexibility index (Phi) is 4.62. The number of nitrogens with zero attached hydrogens (tertiary/aromatic N) is 2. The average Bonchev–Trinajstić information content (AvgIpc) is 2.87. The van der Waals surface area contributed by atoms with Crippen LogP contribution in [0.4, 0.5) is 11.4 Å². The maximum absolute atomic E-state index is 12.1. The van der Waals surface area contributed by atoms with E-state index in [0.29, 0.717) is 6.42 Å². The van der Waals surface area contributed by atoms with Crippen molar-refractivity contribution in [1.82, 2.24) is 9.78 Å². The minimum atomic E-state index is -0.0115. The first-order valence-corrected chi connectivity index (χ1v) is 7.15. The molecule has 5 heteroatoms. The summed E-state index contributed by atoms with van der Waals surface area (Å²) in [5.74, 6) is 0.133. The second-order valence-electron chi connectivity index (χ2n) is 5.62. The Morgan fingerprint density at radius 2 is 1.95 bits per heavy atom. The summed E-state index contributed by atoms with van der Waals surface area (Å²) in [5, 5.41) is 7.09. The third-order valence-electron chi connectivity index (χ3n) is 3.41. The van der Waals surface area contributed by atoms with E-state index < -0.39 is 0 Å². The van der Waals surface area contributed by atoms with Gasteiger partial charge in [0, 0.05) is 24.3 Å². The van der Waals surface area contributed by atoms with Crippen LogP contribution in [0, 0.1) is 0 Å². The lowest BCUT2D eigenvalue weighted by molar-refractivity contribution is -0.116. The molecule has 0 aliphatic carbocycles. The highest BCUT2D eigenvalue weighted by Gasteiger charge is 2.12. The number of nitrogens with one attached hydrogen (secondary N) is 1. The number of aromatic nitrogens is 2. The molecule has 0 radical (unpaired) electrons. The summed E-state index contributed by atoms with van der Waals surface area (Å²) in [4.78, 5) is 12.1. The van der Waals surface area contributed by atoms with Crippen LogP contribution in [0.3, 0.4) is 0 Å². The lowest BCUT2D eigenvalue weighted by Gasteiger charge is -2.11. The maximum atomic E-state index is 12.1. The monoisotopic (exact) mass is 286 g/mol. The van der Waals surface area contributed by atoms with Crippen LogP contribution >= 0.6 is 0 Å². The number of amides is 1. The van der Waals surface area contributed by atoms with Crippen LogP contribution in [0.15, 0.2) is 36.7 Å². The van der Waals surface area contributed by atoms with Crippen LogP contribution in [0.5, 0.6) is 0 Å². The number of hydrogen-bond acceptors (Lipinski definition) is 3. The molecule has 0 aliphatic heterocycles. The lowest BCUT2D eigenvalue weighted by Crippen LogP contribution is -2.14. The molecule has 1 aromatic heterocycles. The van der Waals surface area contributed by atoms with E-state index in [9.17, 15) is 4.79 Å². The molecule has 1 aromatic carbocycles. The predicted octanol–water partition coefficient (Wildman–Crippen LogP) is 3.18. The number of hydrogen-bond donors (Lipinski definition) is 2. The molecule has 5 nitrogen and oxygen atoms in total. The molecule has 2 aromatic rings. The summed E-state index contributed by atoms with van der Waals surface area (Å²) >= 11 is 0. The fraction of sp³-hybridized carbons (Fsp3) is 0.375. The standard InChI is InChI=1S/C16H22N4O/c1-11(2)20-10-15(9-18-20)19-16(21)8-12(3)13-4-6-14(17)7-5-13/h4-7,9-12H,8,17H2,1-3H3,(H,19,21). The molecule has 0 saturated heterocycles. The Bertz CT molecular complexity index is 601. The fourth-order valence-electron chi connectivity index (χ4n) is 2.12. The third kappa shape index (κ3) is 4.08. The highest BCUT2D eigenvalue weighted by molar-refractivity contribution is 5.90. The molecule has 1 unspecified atom stereocenters. The van der Waals surface area contributed by atoms with Crippen molar-refractivity contribution in [3.8, 4) is 0 Å². The summed E-state index contributed by atoms with van der Waals surface area (Å²) in [7, 11) is 0. The zero-order valence-corrected chi connectivity index (χ0v) is 12.7. The van der Waals surface area contributed by atoms with Gasteiger partial charge in [0.05, 0.1) is 11.9 Å². The van der Waals surface area contributed by atoms with Gasteiger partial charge in [-0.1, -0.05) is 19.1 Å². The molecule has 0 bridgehead atoms. The molecule has 1 amide bonds. The van der Waals surface area contributed by atoms with Crippen molar-refractivity contribution < 1.29 is 4.79 Å². The van der Waals surface area contributed by atoms with Crippen LogP contribution in [-0.4, -0.2) is 15.7 Å². The van der Waals surface area contributed by atoms with E-state index in [1.807, 2.05) is 55.9 Å². The van der Waals surface area contributed by atoms with Crippen molar-refractivity contribution in [3.63, 3.8) is 0 Å². The maximum Gasteiger partial charge on any atom is 0.225 e. The largest absolute Gasteiger partial charge is 0.399 e. The molecule has 0 spiro atoms. The van der Waals surface area contributed by atoms with Gasteiger partial charge in [0.2, 0.25) is 5.91 Å². The quantitative estimate of drug-likeness (QED) is 0.829. The van der Waals surface area contributed by atoms with Crippen molar-refractivity contribution >= 4 is 17.3 Å². The predicted molar refractivity (Wildman–Crippen MR) is 85.1 cm³/mol. The van der Waals surface area contributed by atoms with Crippen molar-refractivity contribution in [3.05, 3.63) is 42.2 Å². The van der Waals surface area contributed by atoms with Gasteiger partial charge in [-0.3, -0.25) is 9.48 Å². The fourth-order valence-corrected chi connectivity index (χ4v) is 2.12. The average molecular weight is 286 g/mol. The van der Waals surface area contributed by atoms with Gasteiger partial charge in [-0.15, -0.1) is 0 Å². The minimum Gasteiger partial charge on any atom is -0.399 e. The molecule has 1 heterocycles. The zero-order valence-electron chi connectivity index (χ0n) is 12.7. The molecule has 0 aliphatic rings. The molecule has 3 N–H and O–H groups in total. The zero-order chi connectivity index (χ0) is 15.4. The van der Waals surface area contributed by atoms with Gasteiger partial charge in [-0.05, 0) is 37.5 Å². The second-order valence-corrected chi connectivity index (χ2v) is 5.62. The first-order chi connectivity index (χ1) is 9.95. The van der Waals surface area contributed by atoms with Gasteiger partial charge in [0.15, 0.2) is 0 Å². The minimum absolute atomic E-state index is 0.0115. The third-order valence-corrected chi connectivity index (χ3v) is 3.41. The van der Waals surface area contributed by atoms with Gasteiger partial charge < -0.3 is 11.1 Å². The first-order valence-electron chi connectivity index (χ1n) is 7.15. The number of rotatable bonds is 5. The van der Waals surface area contributed by atoms with E-state index in [1.165, 1.54) is 0 Å². The van der Waals surface area contributed by atoms with Crippen molar-refractivity contribution in [2.75, 3.05) is 11.1 Å². The van der Waals surface area contributed by atoms with Gasteiger partial charge >= 0.3 is 0 Å². The van der Waals surface area contributed by atoms with Crippen LogP contribution in [0.1, 0.15) is 44.7 Å². The van der Waals surface area contributed by atoms with Crippen molar-refractivity contribution in [2.24, 2.45) is 0 Å². The van der Waals surface area contributed by atoms with Gasteiger partial charge in [-0.2, -0.15) is 5.10 Å². The summed E-state index contributed by atoms with van der Waals surface area (Å²) in [5.41, 5.74) is 8.24. The summed E-state index contributed by atoms with van der Waals surface area (Å²) in [6.45, 7) is 6.12. The SMILES string of the molecule is CC(CC(=O)Nc1cnn(C(C)C)c1)c1ccc(N)cc1. The van der Waals surface area contributed by atoms with Crippen LogP contribution in [0.25, 0.3) is 0 Å². The molecule has 2 rings (SSSR count). The summed E-state index contributed by atoms with van der Waals surface area (Å²) in [6.07, 6.45) is 3.94. The van der Waals surface area contributed by atoms with Crippen molar-refractivity contribution in [2.45, 2.75) is 39.2 Å². The molecule has 112 valence electrons. The Hall–Kier alpha value is -2.30. The summed E-state index contributed by atoms with van der Waals surface area (Å²) in [6, 6.07) is 7.92. The van der Waals surface area contributed by atoms with Crippen LogP contribution in [-0.2, 0) is 4.79 Å². The smallest absolute Gasteiger partial charge is 0.225 e. The number of carbonyl (C=O) groups is 1. The molecule has 1 atom stereocenters. The Morgan fingerprint density at radius 3 is 2.52 bits per heavy atom. The van der Waals surface area contributed by atoms with E-state index >= 15 is 0 Å². The van der Waals surface area contributed by atoms with E-state index in [4.69, 9.17) is 5.73 Å². The number of anilines is 2. The normalized spacial score (nSPS) is 12.4. The number of nitrogen functional groups attached to an aromatic ring is 1. The van der Waals surface area contributed by atoms with Gasteiger partial charge in [0.1, 0.15) is 0 Å². The highest BCUT2D eigenvalue weighted by atomic mass is 16.1. The number of benzene rings is 1. The molecular weight excluding hydrogens is 264 g/mol. The number of nitrogens with two attached hydrogens (primary N) is 1. The Morgan fingerprint density at radius 1 is 1.29 bits per heavy atom. The highest BCUT2D eigenvalue weighted by Crippen LogP contribution is 2.21. The van der Waals surface area contributed by atoms with E-state index in [1.54, 1.807) is 6.20 Å². The first kappa shape index (κ1) is 15.1. The lowest BCUT2D eigenvalue weighted by atomic mass is 9.97.